The van der Waals surface area contributed by atoms with E-state index in [2.05, 4.69) is 12.2 Å². The van der Waals surface area contributed by atoms with Crippen molar-refractivity contribution in [1.29, 1.82) is 0 Å². The third-order valence-electron chi connectivity index (χ3n) is 4.69. The Labute approximate surface area is 155 Å². The fraction of sp³-hybridized carbons (Fsp3) is 0.600. The number of hydrogen-bond donors (Lipinski definition) is 1. The van der Waals surface area contributed by atoms with E-state index in [0.717, 1.165) is 24.1 Å². The zero-order valence-corrected chi connectivity index (χ0v) is 16.1. The van der Waals surface area contributed by atoms with Crippen molar-refractivity contribution < 1.29 is 9.59 Å². The molecule has 25 heavy (non-hydrogen) atoms. The van der Waals surface area contributed by atoms with Crippen LogP contribution in [0.4, 0.5) is 5.69 Å². The zero-order chi connectivity index (χ0) is 18.2. The van der Waals surface area contributed by atoms with E-state index in [0.29, 0.717) is 11.6 Å². The van der Waals surface area contributed by atoms with Crippen molar-refractivity contribution in [1.82, 2.24) is 5.32 Å². The number of nitrogens with one attached hydrogen (secondary N) is 1. The molecule has 1 aromatic carbocycles. The van der Waals surface area contributed by atoms with Gasteiger partial charge in [-0.05, 0) is 12.5 Å². The molecule has 0 radical (unpaired) electrons. The summed E-state index contributed by atoms with van der Waals surface area (Å²) in [6.45, 7) is 4.31. The SMILES string of the molecule is CCCCCCCCCCN1C(=O)C(NC(C)=O)c2cccc(Cl)c21. The van der Waals surface area contributed by atoms with E-state index in [1.807, 2.05) is 12.1 Å². The number of carbonyl (C=O) groups excluding carboxylic acids is 2. The van der Waals surface area contributed by atoms with Gasteiger partial charge in [-0.25, -0.2) is 0 Å². The smallest absolute Gasteiger partial charge is 0.254 e. The van der Waals surface area contributed by atoms with Crippen molar-refractivity contribution >= 4 is 29.1 Å². The second kappa shape index (κ2) is 9.81. The summed E-state index contributed by atoms with van der Waals surface area (Å²) in [5.41, 5.74) is 1.56. The van der Waals surface area contributed by atoms with Crippen molar-refractivity contribution in [3.63, 3.8) is 0 Å². The van der Waals surface area contributed by atoms with Gasteiger partial charge in [0.25, 0.3) is 5.91 Å². The number of amides is 2. The van der Waals surface area contributed by atoms with E-state index in [4.69, 9.17) is 11.6 Å². The predicted molar refractivity (Wildman–Crippen MR) is 103 cm³/mol. The number of fused-ring (bicyclic) bond motifs is 1. The lowest BCUT2D eigenvalue weighted by Crippen LogP contribution is -2.37. The van der Waals surface area contributed by atoms with Gasteiger partial charge in [-0.1, -0.05) is 75.6 Å². The largest absolute Gasteiger partial charge is 0.341 e. The van der Waals surface area contributed by atoms with Gasteiger partial charge in [0.2, 0.25) is 5.91 Å². The highest BCUT2D eigenvalue weighted by molar-refractivity contribution is 6.34. The molecule has 1 atom stereocenters. The maximum atomic E-state index is 12.7. The second-order valence-corrected chi connectivity index (χ2v) is 7.18. The van der Waals surface area contributed by atoms with Gasteiger partial charge in [0.15, 0.2) is 0 Å². The number of rotatable bonds is 10. The fourth-order valence-corrected chi connectivity index (χ4v) is 3.70. The minimum absolute atomic E-state index is 0.0822. The topological polar surface area (TPSA) is 49.4 Å². The number of unbranched alkanes of at least 4 members (excludes halogenated alkanes) is 7. The van der Waals surface area contributed by atoms with Crippen molar-refractivity contribution in [3.8, 4) is 0 Å². The normalized spacial score (nSPS) is 16.2. The molecule has 4 nitrogen and oxygen atoms in total. The number of halogens is 1. The molecule has 0 saturated heterocycles. The van der Waals surface area contributed by atoms with E-state index < -0.39 is 6.04 Å². The van der Waals surface area contributed by atoms with Crippen LogP contribution in [0.1, 0.15) is 76.8 Å². The molecule has 0 fully saturated rings. The maximum absolute atomic E-state index is 12.7. The average molecular weight is 365 g/mol. The molecular weight excluding hydrogens is 336 g/mol. The highest BCUT2D eigenvalue weighted by Crippen LogP contribution is 2.41. The fourth-order valence-electron chi connectivity index (χ4n) is 3.42. The molecule has 0 bridgehead atoms. The molecular formula is C20H29ClN2O2. The van der Waals surface area contributed by atoms with Crippen LogP contribution in [-0.4, -0.2) is 18.4 Å². The second-order valence-electron chi connectivity index (χ2n) is 6.78. The van der Waals surface area contributed by atoms with Crippen LogP contribution in [0.15, 0.2) is 18.2 Å². The Balaban J connectivity index is 1.90. The molecule has 138 valence electrons. The number of anilines is 1. The first-order chi connectivity index (χ1) is 12.1. The monoisotopic (exact) mass is 364 g/mol. The van der Waals surface area contributed by atoms with Crippen molar-refractivity contribution in [3.05, 3.63) is 28.8 Å². The average Bonchev–Trinajstić information content (AvgIpc) is 2.83. The summed E-state index contributed by atoms with van der Waals surface area (Å²) in [7, 11) is 0. The molecule has 0 saturated carbocycles. The summed E-state index contributed by atoms with van der Waals surface area (Å²) < 4.78 is 0. The van der Waals surface area contributed by atoms with Crippen molar-refractivity contribution in [2.24, 2.45) is 0 Å². The first kappa shape index (κ1) is 19.8. The van der Waals surface area contributed by atoms with Crippen LogP contribution in [-0.2, 0) is 9.59 Å². The molecule has 1 aliphatic rings. The first-order valence-electron chi connectivity index (χ1n) is 9.43. The number of para-hydroxylation sites is 1. The Morgan fingerprint density at radius 2 is 1.76 bits per heavy atom. The van der Waals surface area contributed by atoms with Gasteiger partial charge < -0.3 is 10.2 Å². The van der Waals surface area contributed by atoms with Gasteiger partial charge in [-0.2, -0.15) is 0 Å². The van der Waals surface area contributed by atoms with Crippen LogP contribution in [0, 0.1) is 0 Å². The van der Waals surface area contributed by atoms with Crippen molar-refractivity contribution in [2.45, 2.75) is 71.3 Å². The minimum Gasteiger partial charge on any atom is -0.341 e. The predicted octanol–water partition coefficient (Wildman–Crippen LogP) is 5.00. The third kappa shape index (κ3) is 5.21. The molecule has 1 heterocycles. The van der Waals surface area contributed by atoms with Crippen molar-refractivity contribution in [2.75, 3.05) is 11.4 Å². The number of hydrogen-bond acceptors (Lipinski definition) is 2. The van der Waals surface area contributed by atoms with Crippen LogP contribution in [0.2, 0.25) is 5.02 Å². The lowest BCUT2D eigenvalue weighted by atomic mass is 10.1. The van der Waals surface area contributed by atoms with Crippen LogP contribution < -0.4 is 10.2 Å². The highest BCUT2D eigenvalue weighted by Gasteiger charge is 2.38. The molecule has 1 unspecified atom stereocenters. The van der Waals surface area contributed by atoms with Gasteiger partial charge in [0.05, 0.1) is 10.7 Å². The van der Waals surface area contributed by atoms with E-state index in [1.165, 1.54) is 45.4 Å². The molecule has 2 rings (SSSR count). The quantitative estimate of drug-likeness (QED) is 0.593. The van der Waals surface area contributed by atoms with Crippen LogP contribution in [0.5, 0.6) is 0 Å². The Bertz CT molecular complexity index is 603. The summed E-state index contributed by atoms with van der Waals surface area (Å²) in [6.07, 6.45) is 9.75. The minimum atomic E-state index is -0.611. The molecule has 0 aromatic heterocycles. The summed E-state index contributed by atoms with van der Waals surface area (Å²) in [6, 6.07) is 4.88. The summed E-state index contributed by atoms with van der Waals surface area (Å²) >= 11 is 6.34. The highest BCUT2D eigenvalue weighted by atomic mass is 35.5. The van der Waals surface area contributed by atoms with Gasteiger partial charge >= 0.3 is 0 Å². The number of benzene rings is 1. The molecule has 1 aliphatic heterocycles. The molecule has 2 amide bonds. The van der Waals surface area contributed by atoms with Gasteiger partial charge in [0, 0.05) is 19.0 Å². The standard InChI is InChI=1S/C20H29ClN2O2/c1-3-4-5-6-7-8-9-10-14-23-19-16(12-11-13-17(19)21)18(20(23)25)22-15(2)24/h11-13,18H,3-10,14H2,1-2H3,(H,22,24). The van der Waals surface area contributed by atoms with Crippen LogP contribution in [0.25, 0.3) is 0 Å². The Morgan fingerprint density at radius 3 is 2.40 bits per heavy atom. The van der Waals surface area contributed by atoms with Crippen LogP contribution in [0.3, 0.4) is 0 Å². The van der Waals surface area contributed by atoms with E-state index in [1.54, 1.807) is 11.0 Å². The Morgan fingerprint density at radius 1 is 1.12 bits per heavy atom. The lowest BCUT2D eigenvalue weighted by molar-refractivity contribution is -0.126. The van der Waals surface area contributed by atoms with Gasteiger partial charge in [-0.15, -0.1) is 0 Å². The molecule has 5 heteroatoms. The maximum Gasteiger partial charge on any atom is 0.254 e. The van der Waals surface area contributed by atoms with Gasteiger partial charge in [0.1, 0.15) is 6.04 Å². The Kier molecular flexibility index (Phi) is 7.76. The van der Waals surface area contributed by atoms with E-state index >= 15 is 0 Å². The van der Waals surface area contributed by atoms with Gasteiger partial charge in [-0.3, -0.25) is 9.59 Å². The number of carbonyl (C=O) groups is 2. The summed E-state index contributed by atoms with van der Waals surface area (Å²) in [5.74, 6) is -0.292. The first-order valence-corrected chi connectivity index (χ1v) is 9.81. The number of nitrogens with zero attached hydrogens (tertiary/aromatic N) is 1. The molecule has 0 spiro atoms. The summed E-state index contributed by atoms with van der Waals surface area (Å²) in [5, 5.41) is 3.31. The molecule has 0 aliphatic carbocycles. The third-order valence-corrected chi connectivity index (χ3v) is 5.00. The lowest BCUT2D eigenvalue weighted by Gasteiger charge is -2.19. The zero-order valence-electron chi connectivity index (χ0n) is 15.3. The summed E-state index contributed by atoms with van der Waals surface area (Å²) in [4.78, 5) is 25.9. The Hall–Kier alpha value is -1.55. The van der Waals surface area contributed by atoms with Crippen LogP contribution >= 0.6 is 11.6 Å². The van der Waals surface area contributed by atoms with E-state index in [-0.39, 0.29) is 11.8 Å². The molecule has 1 aromatic rings. The molecule has 1 N–H and O–H groups in total. The van der Waals surface area contributed by atoms with E-state index in [9.17, 15) is 9.59 Å².